The average Bonchev–Trinajstić information content (AvgIpc) is 2.64. The highest BCUT2D eigenvalue weighted by Crippen LogP contribution is 2.23. The van der Waals surface area contributed by atoms with Crippen molar-refractivity contribution in [1.82, 2.24) is 4.98 Å². The van der Waals surface area contributed by atoms with Crippen LogP contribution in [0.2, 0.25) is 0 Å². The van der Waals surface area contributed by atoms with Crippen molar-refractivity contribution < 1.29 is 14.3 Å². The molecule has 1 amide bonds. The number of aromatic nitrogens is 1. The van der Waals surface area contributed by atoms with Crippen LogP contribution in [0, 0.1) is 5.92 Å². The molecule has 6 nitrogen and oxygen atoms in total. The smallest absolute Gasteiger partial charge is 0.241 e. The number of ether oxygens (including phenoxy) is 2. The number of rotatable bonds is 5. The molecule has 1 unspecified atom stereocenters. The zero-order valence-corrected chi connectivity index (χ0v) is 13.4. The SMILES string of the molecule is NC(C(=O)Nc1ccc(Oc2ccncc2)cc1)C1CCOCC1. The maximum atomic E-state index is 12.3. The Morgan fingerprint density at radius 1 is 1.12 bits per heavy atom. The predicted molar refractivity (Wildman–Crippen MR) is 90.9 cm³/mol. The monoisotopic (exact) mass is 327 g/mol. The molecule has 3 N–H and O–H groups in total. The highest BCUT2D eigenvalue weighted by atomic mass is 16.5. The number of amides is 1. The summed E-state index contributed by atoms with van der Waals surface area (Å²) in [6.45, 7) is 1.35. The summed E-state index contributed by atoms with van der Waals surface area (Å²) in [5.41, 5.74) is 6.77. The van der Waals surface area contributed by atoms with Gasteiger partial charge in [0.1, 0.15) is 11.5 Å². The number of nitrogens with one attached hydrogen (secondary N) is 1. The van der Waals surface area contributed by atoms with Crippen LogP contribution in [-0.2, 0) is 9.53 Å². The minimum atomic E-state index is -0.512. The molecule has 126 valence electrons. The number of pyridine rings is 1. The molecular weight excluding hydrogens is 306 g/mol. The lowest BCUT2D eigenvalue weighted by molar-refractivity contribution is -0.119. The van der Waals surface area contributed by atoms with Gasteiger partial charge >= 0.3 is 0 Å². The molecule has 1 fully saturated rings. The van der Waals surface area contributed by atoms with Crippen molar-refractivity contribution in [2.75, 3.05) is 18.5 Å². The predicted octanol–water partition coefficient (Wildman–Crippen LogP) is 2.57. The van der Waals surface area contributed by atoms with E-state index in [2.05, 4.69) is 10.3 Å². The molecule has 1 aromatic heterocycles. The summed E-state index contributed by atoms with van der Waals surface area (Å²) in [4.78, 5) is 16.2. The molecule has 0 aliphatic carbocycles. The third kappa shape index (κ3) is 4.31. The van der Waals surface area contributed by atoms with Crippen molar-refractivity contribution in [2.45, 2.75) is 18.9 Å². The minimum absolute atomic E-state index is 0.162. The van der Waals surface area contributed by atoms with Crippen LogP contribution < -0.4 is 15.8 Å². The molecule has 1 aliphatic rings. The Balaban J connectivity index is 1.56. The molecule has 0 radical (unpaired) electrons. The Labute approximate surface area is 141 Å². The minimum Gasteiger partial charge on any atom is -0.457 e. The van der Waals surface area contributed by atoms with Crippen LogP contribution in [0.5, 0.6) is 11.5 Å². The first-order valence-corrected chi connectivity index (χ1v) is 8.04. The van der Waals surface area contributed by atoms with Crippen molar-refractivity contribution in [3.63, 3.8) is 0 Å². The molecule has 0 spiro atoms. The van der Waals surface area contributed by atoms with Gasteiger partial charge in [0.2, 0.25) is 5.91 Å². The quantitative estimate of drug-likeness (QED) is 0.881. The Morgan fingerprint density at radius 2 is 1.75 bits per heavy atom. The molecule has 1 aliphatic heterocycles. The van der Waals surface area contributed by atoms with Gasteiger partial charge in [-0.25, -0.2) is 0 Å². The van der Waals surface area contributed by atoms with Crippen LogP contribution in [0.3, 0.4) is 0 Å². The van der Waals surface area contributed by atoms with Gasteiger partial charge < -0.3 is 20.5 Å². The lowest BCUT2D eigenvalue weighted by atomic mass is 9.92. The molecule has 24 heavy (non-hydrogen) atoms. The highest BCUT2D eigenvalue weighted by molar-refractivity contribution is 5.94. The summed E-state index contributed by atoms with van der Waals surface area (Å²) in [7, 11) is 0. The lowest BCUT2D eigenvalue weighted by Crippen LogP contribution is -2.43. The van der Waals surface area contributed by atoms with E-state index in [1.165, 1.54) is 0 Å². The lowest BCUT2D eigenvalue weighted by Gasteiger charge is -2.26. The Bertz CT molecular complexity index is 655. The molecule has 0 bridgehead atoms. The Kier molecular flexibility index (Phi) is 5.40. The van der Waals surface area contributed by atoms with Crippen molar-refractivity contribution in [3.05, 3.63) is 48.8 Å². The molecule has 1 aromatic carbocycles. The topological polar surface area (TPSA) is 86.5 Å². The van der Waals surface area contributed by atoms with E-state index in [4.69, 9.17) is 15.2 Å². The van der Waals surface area contributed by atoms with E-state index in [-0.39, 0.29) is 11.8 Å². The van der Waals surface area contributed by atoms with Gasteiger partial charge in [0.25, 0.3) is 0 Å². The zero-order valence-electron chi connectivity index (χ0n) is 13.4. The Hall–Kier alpha value is -2.44. The van der Waals surface area contributed by atoms with E-state index in [1.807, 2.05) is 0 Å². The summed E-state index contributed by atoms with van der Waals surface area (Å²) >= 11 is 0. The van der Waals surface area contributed by atoms with Gasteiger partial charge in [-0.3, -0.25) is 9.78 Å². The fourth-order valence-electron chi connectivity index (χ4n) is 2.66. The van der Waals surface area contributed by atoms with Crippen LogP contribution in [0.4, 0.5) is 5.69 Å². The second-order valence-corrected chi connectivity index (χ2v) is 5.77. The Morgan fingerprint density at radius 3 is 2.42 bits per heavy atom. The molecular formula is C18H21N3O3. The number of benzene rings is 1. The molecule has 3 rings (SSSR count). The molecule has 0 saturated carbocycles. The normalized spacial score (nSPS) is 16.4. The van der Waals surface area contributed by atoms with Gasteiger partial charge in [0, 0.05) is 31.3 Å². The fraction of sp³-hybridized carbons (Fsp3) is 0.333. The first kappa shape index (κ1) is 16.4. The third-order valence-corrected chi connectivity index (χ3v) is 4.08. The maximum absolute atomic E-state index is 12.3. The summed E-state index contributed by atoms with van der Waals surface area (Å²) < 4.78 is 11.0. The van der Waals surface area contributed by atoms with Crippen LogP contribution >= 0.6 is 0 Å². The molecule has 2 aromatic rings. The number of carbonyl (C=O) groups is 1. The number of hydrogen-bond acceptors (Lipinski definition) is 5. The van der Waals surface area contributed by atoms with Gasteiger partial charge in [-0.05, 0) is 55.2 Å². The number of carbonyl (C=O) groups excluding carboxylic acids is 1. The van der Waals surface area contributed by atoms with Crippen molar-refractivity contribution >= 4 is 11.6 Å². The average molecular weight is 327 g/mol. The summed E-state index contributed by atoms with van der Waals surface area (Å²) in [5.74, 6) is 1.41. The molecule has 1 atom stereocenters. The van der Waals surface area contributed by atoms with E-state index in [0.717, 1.165) is 12.8 Å². The van der Waals surface area contributed by atoms with E-state index in [9.17, 15) is 4.79 Å². The summed E-state index contributed by atoms with van der Waals surface area (Å²) in [6, 6.07) is 10.2. The van der Waals surface area contributed by atoms with E-state index < -0.39 is 6.04 Å². The van der Waals surface area contributed by atoms with Crippen LogP contribution in [0.25, 0.3) is 0 Å². The van der Waals surface area contributed by atoms with Crippen LogP contribution in [0.15, 0.2) is 48.8 Å². The largest absolute Gasteiger partial charge is 0.457 e. The van der Waals surface area contributed by atoms with Gasteiger partial charge in [-0.1, -0.05) is 0 Å². The summed E-state index contributed by atoms with van der Waals surface area (Å²) in [5, 5.41) is 2.86. The number of anilines is 1. The van der Waals surface area contributed by atoms with E-state index >= 15 is 0 Å². The van der Waals surface area contributed by atoms with E-state index in [0.29, 0.717) is 30.4 Å². The van der Waals surface area contributed by atoms with Crippen LogP contribution in [-0.4, -0.2) is 30.1 Å². The van der Waals surface area contributed by atoms with E-state index in [1.54, 1.807) is 48.8 Å². The standard InChI is InChI=1S/C18H21N3O3/c19-17(13-7-11-23-12-8-13)18(22)21-14-1-3-15(4-2-14)24-16-5-9-20-10-6-16/h1-6,9-10,13,17H,7-8,11-12,19H2,(H,21,22). The zero-order chi connectivity index (χ0) is 16.8. The highest BCUT2D eigenvalue weighted by Gasteiger charge is 2.26. The summed E-state index contributed by atoms with van der Waals surface area (Å²) in [6.07, 6.45) is 4.99. The van der Waals surface area contributed by atoms with Gasteiger partial charge in [-0.2, -0.15) is 0 Å². The van der Waals surface area contributed by atoms with Gasteiger partial charge in [0.15, 0.2) is 0 Å². The van der Waals surface area contributed by atoms with Gasteiger partial charge in [-0.15, -0.1) is 0 Å². The third-order valence-electron chi connectivity index (χ3n) is 4.08. The first-order chi connectivity index (χ1) is 11.7. The second-order valence-electron chi connectivity index (χ2n) is 5.77. The number of nitrogens with zero attached hydrogens (tertiary/aromatic N) is 1. The molecule has 2 heterocycles. The second kappa shape index (κ2) is 7.90. The molecule has 1 saturated heterocycles. The number of hydrogen-bond donors (Lipinski definition) is 2. The van der Waals surface area contributed by atoms with Crippen molar-refractivity contribution in [1.29, 1.82) is 0 Å². The number of nitrogens with two attached hydrogens (primary N) is 1. The maximum Gasteiger partial charge on any atom is 0.241 e. The first-order valence-electron chi connectivity index (χ1n) is 8.04. The van der Waals surface area contributed by atoms with Crippen molar-refractivity contribution in [3.8, 4) is 11.5 Å². The molecule has 6 heteroatoms. The van der Waals surface area contributed by atoms with Crippen LogP contribution in [0.1, 0.15) is 12.8 Å². The van der Waals surface area contributed by atoms with Crippen molar-refractivity contribution in [2.24, 2.45) is 11.7 Å². The fourth-order valence-corrected chi connectivity index (χ4v) is 2.66. The van der Waals surface area contributed by atoms with Gasteiger partial charge in [0.05, 0.1) is 6.04 Å².